The molecule has 0 bridgehead atoms. The summed E-state index contributed by atoms with van der Waals surface area (Å²) in [4.78, 5) is 15.7. The standard InChI is InChI=1S/C15H18N2O3/c1-9-15(3,6-7-20-9)17-10(2)16-12-5-4-11(14(18)19)8-13(12)17/h4-5,8-9H,6-7H2,1-3H3,(H,18,19). The van der Waals surface area contributed by atoms with Gasteiger partial charge in [-0.3, -0.25) is 0 Å². The van der Waals surface area contributed by atoms with Gasteiger partial charge in [0.15, 0.2) is 0 Å². The lowest BCUT2D eigenvalue weighted by molar-refractivity contribution is 0.0697. The molecule has 1 aliphatic rings. The van der Waals surface area contributed by atoms with Gasteiger partial charge in [0, 0.05) is 6.61 Å². The molecular weight excluding hydrogens is 256 g/mol. The van der Waals surface area contributed by atoms with Crippen molar-refractivity contribution in [2.24, 2.45) is 0 Å². The number of ether oxygens (including phenoxy) is 1. The molecule has 1 aliphatic heterocycles. The summed E-state index contributed by atoms with van der Waals surface area (Å²) in [5, 5.41) is 9.17. The zero-order chi connectivity index (χ0) is 14.5. The Morgan fingerprint density at radius 2 is 2.30 bits per heavy atom. The van der Waals surface area contributed by atoms with Crippen LogP contribution in [0.1, 0.15) is 36.5 Å². The molecule has 1 fully saturated rings. The highest BCUT2D eigenvalue weighted by molar-refractivity contribution is 5.92. The number of carbonyl (C=O) groups is 1. The number of aryl methyl sites for hydroxylation is 1. The van der Waals surface area contributed by atoms with Crippen LogP contribution in [-0.4, -0.2) is 33.3 Å². The van der Waals surface area contributed by atoms with Crippen molar-refractivity contribution in [2.75, 3.05) is 6.61 Å². The van der Waals surface area contributed by atoms with E-state index in [2.05, 4.69) is 23.4 Å². The van der Waals surface area contributed by atoms with Gasteiger partial charge in [0.05, 0.1) is 28.2 Å². The Balaban J connectivity index is 2.26. The first-order chi connectivity index (χ1) is 9.43. The molecule has 1 saturated heterocycles. The molecule has 5 nitrogen and oxygen atoms in total. The normalized spacial score (nSPS) is 26.2. The number of benzene rings is 1. The topological polar surface area (TPSA) is 64.3 Å². The largest absolute Gasteiger partial charge is 0.478 e. The fourth-order valence-corrected chi connectivity index (χ4v) is 3.09. The van der Waals surface area contributed by atoms with E-state index in [-0.39, 0.29) is 17.2 Å². The second kappa shape index (κ2) is 4.31. The quantitative estimate of drug-likeness (QED) is 0.914. The Hall–Kier alpha value is -1.88. The molecule has 1 aromatic carbocycles. The molecule has 2 atom stereocenters. The van der Waals surface area contributed by atoms with Gasteiger partial charge in [-0.05, 0) is 45.4 Å². The molecule has 106 valence electrons. The second-order valence-electron chi connectivity index (χ2n) is 5.62. The van der Waals surface area contributed by atoms with Crippen molar-refractivity contribution in [3.05, 3.63) is 29.6 Å². The molecule has 2 aromatic rings. The Kier molecular flexibility index (Phi) is 2.83. The van der Waals surface area contributed by atoms with Crippen molar-refractivity contribution in [2.45, 2.75) is 38.8 Å². The van der Waals surface area contributed by atoms with Crippen molar-refractivity contribution >= 4 is 17.0 Å². The van der Waals surface area contributed by atoms with Crippen LogP contribution in [0.4, 0.5) is 0 Å². The number of nitrogens with zero attached hydrogens (tertiary/aromatic N) is 2. The highest BCUT2D eigenvalue weighted by Gasteiger charge is 2.40. The van der Waals surface area contributed by atoms with Crippen LogP contribution in [0.3, 0.4) is 0 Å². The number of aromatic carboxylic acids is 1. The van der Waals surface area contributed by atoms with Gasteiger partial charge in [0.1, 0.15) is 5.82 Å². The van der Waals surface area contributed by atoms with Gasteiger partial charge < -0.3 is 14.4 Å². The molecule has 0 saturated carbocycles. The minimum Gasteiger partial charge on any atom is -0.478 e. The predicted molar refractivity (Wildman–Crippen MR) is 75.1 cm³/mol. The van der Waals surface area contributed by atoms with Crippen LogP contribution in [-0.2, 0) is 10.3 Å². The maximum atomic E-state index is 11.2. The van der Waals surface area contributed by atoms with Crippen LogP contribution < -0.4 is 0 Å². The van der Waals surface area contributed by atoms with Crippen LogP contribution in [0.2, 0.25) is 0 Å². The van der Waals surface area contributed by atoms with Gasteiger partial charge in [-0.15, -0.1) is 0 Å². The molecular formula is C15H18N2O3. The van der Waals surface area contributed by atoms with Crippen LogP contribution in [0.5, 0.6) is 0 Å². The molecule has 1 N–H and O–H groups in total. The molecule has 2 unspecified atom stereocenters. The highest BCUT2D eigenvalue weighted by Crippen LogP contribution is 2.37. The number of fused-ring (bicyclic) bond motifs is 1. The first-order valence-corrected chi connectivity index (χ1v) is 6.78. The van der Waals surface area contributed by atoms with E-state index < -0.39 is 5.97 Å². The average molecular weight is 274 g/mol. The van der Waals surface area contributed by atoms with Crippen molar-refractivity contribution in [3.8, 4) is 0 Å². The summed E-state index contributed by atoms with van der Waals surface area (Å²) in [5.41, 5.74) is 1.79. The number of hydrogen-bond donors (Lipinski definition) is 1. The molecule has 3 rings (SSSR count). The Bertz CT molecular complexity index is 692. The summed E-state index contributed by atoms with van der Waals surface area (Å²) in [6.45, 7) is 6.87. The van der Waals surface area contributed by atoms with Crippen molar-refractivity contribution in [1.82, 2.24) is 9.55 Å². The minimum absolute atomic E-state index is 0.0760. The minimum atomic E-state index is -0.918. The molecule has 0 aliphatic carbocycles. The fraction of sp³-hybridized carbons (Fsp3) is 0.467. The maximum absolute atomic E-state index is 11.2. The third kappa shape index (κ3) is 1.73. The number of hydrogen-bond acceptors (Lipinski definition) is 3. The second-order valence-corrected chi connectivity index (χ2v) is 5.62. The first kappa shape index (κ1) is 13.1. The van der Waals surface area contributed by atoms with Gasteiger partial charge >= 0.3 is 5.97 Å². The van der Waals surface area contributed by atoms with E-state index in [1.54, 1.807) is 18.2 Å². The van der Waals surface area contributed by atoms with Crippen LogP contribution in [0, 0.1) is 6.92 Å². The lowest BCUT2D eigenvalue weighted by atomic mass is 9.93. The summed E-state index contributed by atoms with van der Waals surface area (Å²) in [5.74, 6) is -0.0273. The SMILES string of the molecule is Cc1nc2ccc(C(=O)O)cc2n1C1(C)CCOC1C. The van der Waals surface area contributed by atoms with E-state index in [0.717, 1.165) is 29.9 Å². The summed E-state index contributed by atoms with van der Waals surface area (Å²) >= 11 is 0. The highest BCUT2D eigenvalue weighted by atomic mass is 16.5. The number of aromatic nitrogens is 2. The van der Waals surface area contributed by atoms with Gasteiger partial charge in [-0.1, -0.05) is 0 Å². The Morgan fingerprint density at radius 3 is 2.90 bits per heavy atom. The summed E-state index contributed by atoms with van der Waals surface area (Å²) in [7, 11) is 0. The van der Waals surface area contributed by atoms with Gasteiger partial charge in [-0.25, -0.2) is 9.78 Å². The number of carboxylic acid groups (broad SMARTS) is 1. The third-order valence-electron chi connectivity index (χ3n) is 4.43. The summed E-state index contributed by atoms with van der Waals surface area (Å²) < 4.78 is 7.84. The molecule has 0 spiro atoms. The average Bonchev–Trinajstić information content (AvgIpc) is 2.89. The van der Waals surface area contributed by atoms with Crippen LogP contribution >= 0.6 is 0 Å². The van der Waals surface area contributed by atoms with E-state index in [4.69, 9.17) is 9.84 Å². The number of carboxylic acids is 1. The smallest absolute Gasteiger partial charge is 0.335 e. The maximum Gasteiger partial charge on any atom is 0.335 e. The lowest BCUT2D eigenvalue weighted by Crippen LogP contribution is -2.37. The molecule has 0 amide bonds. The fourth-order valence-electron chi connectivity index (χ4n) is 3.09. The van der Waals surface area contributed by atoms with E-state index in [0.29, 0.717) is 0 Å². The van der Waals surface area contributed by atoms with Crippen LogP contribution in [0.25, 0.3) is 11.0 Å². The summed E-state index contributed by atoms with van der Waals surface area (Å²) in [6, 6.07) is 5.07. The first-order valence-electron chi connectivity index (χ1n) is 6.78. The Labute approximate surface area is 117 Å². The van der Waals surface area contributed by atoms with Crippen molar-refractivity contribution in [3.63, 3.8) is 0 Å². The van der Waals surface area contributed by atoms with Crippen molar-refractivity contribution < 1.29 is 14.6 Å². The number of imidazole rings is 1. The molecule has 5 heteroatoms. The Morgan fingerprint density at radius 1 is 1.55 bits per heavy atom. The van der Waals surface area contributed by atoms with Gasteiger partial charge in [0.25, 0.3) is 0 Å². The molecule has 20 heavy (non-hydrogen) atoms. The molecule has 1 aromatic heterocycles. The van der Waals surface area contributed by atoms with Crippen molar-refractivity contribution in [1.29, 1.82) is 0 Å². The number of rotatable bonds is 2. The van der Waals surface area contributed by atoms with E-state index >= 15 is 0 Å². The molecule has 2 heterocycles. The van der Waals surface area contributed by atoms with E-state index in [1.807, 2.05) is 6.92 Å². The van der Waals surface area contributed by atoms with Crippen LogP contribution in [0.15, 0.2) is 18.2 Å². The van der Waals surface area contributed by atoms with E-state index in [9.17, 15) is 4.79 Å². The predicted octanol–water partition coefficient (Wildman–Crippen LogP) is 2.57. The third-order valence-corrected chi connectivity index (χ3v) is 4.43. The molecule has 0 radical (unpaired) electrons. The summed E-state index contributed by atoms with van der Waals surface area (Å²) in [6.07, 6.45) is 0.977. The van der Waals surface area contributed by atoms with Gasteiger partial charge in [0.2, 0.25) is 0 Å². The lowest BCUT2D eigenvalue weighted by Gasteiger charge is -2.31. The zero-order valence-electron chi connectivity index (χ0n) is 11.9. The monoisotopic (exact) mass is 274 g/mol. The van der Waals surface area contributed by atoms with Gasteiger partial charge in [-0.2, -0.15) is 0 Å². The zero-order valence-corrected chi connectivity index (χ0v) is 11.9. The van der Waals surface area contributed by atoms with E-state index in [1.165, 1.54) is 0 Å².